The van der Waals surface area contributed by atoms with E-state index in [1.54, 1.807) is 13.1 Å². The Kier molecular flexibility index (Phi) is 6.03. The van der Waals surface area contributed by atoms with Crippen LogP contribution in [0.3, 0.4) is 0 Å². The summed E-state index contributed by atoms with van der Waals surface area (Å²) in [5, 5.41) is 2.97. The van der Waals surface area contributed by atoms with Crippen molar-refractivity contribution in [3.8, 4) is 23.8 Å². The predicted octanol–water partition coefficient (Wildman–Crippen LogP) is 0.677. The normalized spacial score (nSPS) is 11.2. The van der Waals surface area contributed by atoms with Gasteiger partial charge in [-0.15, -0.1) is 6.42 Å². The SMILES string of the molecule is C#CCN(C)S(=O)(=O)c1cc(CNC)c(OC)c(OC)c1. The number of hydrogen-bond donors (Lipinski definition) is 1. The van der Waals surface area contributed by atoms with Crippen molar-refractivity contribution in [3.05, 3.63) is 17.7 Å². The molecule has 0 unspecified atom stereocenters. The quantitative estimate of drug-likeness (QED) is 0.750. The lowest BCUT2D eigenvalue weighted by Gasteiger charge is -2.18. The lowest BCUT2D eigenvalue weighted by Crippen LogP contribution is -2.27. The molecule has 1 N–H and O–H groups in total. The molecule has 0 aliphatic heterocycles. The topological polar surface area (TPSA) is 67.9 Å². The van der Waals surface area contributed by atoms with Gasteiger partial charge in [-0.3, -0.25) is 0 Å². The van der Waals surface area contributed by atoms with E-state index in [4.69, 9.17) is 15.9 Å². The molecule has 0 radical (unpaired) electrons. The highest BCUT2D eigenvalue weighted by Crippen LogP contribution is 2.34. The van der Waals surface area contributed by atoms with Crippen LogP contribution in [0.5, 0.6) is 11.5 Å². The smallest absolute Gasteiger partial charge is 0.243 e. The van der Waals surface area contributed by atoms with Crippen LogP contribution < -0.4 is 14.8 Å². The molecule has 0 atom stereocenters. The first-order valence-corrected chi connectivity index (χ1v) is 7.65. The maximum absolute atomic E-state index is 12.5. The molecule has 1 aromatic carbocycles. The van der Waals surface area contributed by atoms with E-state index in [2.05, 4.69) is 11.2 Å². The highest BCUT2D eigenvalue weighted by molar-refractivity contribution is 7.89. The first-order valence-electron chi connectivity index (χ1n) is 6.21. The number of hydrogen-bond acceptors (Lipinski definition) is 5. The summed E-state index contributed by atoms with van der Waals surface area (Å²) in [4.78, 5) is 0.114. The van der Waals surface area contributed by atoms with Crippen LogP contribution >= 0.6 is 0 Å². The van der Waals surface area contributed by atoms with Crippen molar-refractivity contribution in [1.29, 1.82) is 0 Å². The zero-order valence-electron chi connectivity index (χ0n) is 12.6. The maximum Gasteiger partial charge on any atom is 0.243 e. The number of terminal acetylenes is 1. The molecule has 6 nitrogen and oxygen atoms in total. The van der Waals surface area contributed by atoms with Crippen LogP contribution in [0.1, 0.15) is 5.56 Å². The number of ether oxygens (including phenoxy) is 2. The van der Waals surface area contributed by atoms with Crippen LogP contribution in [-0.2, 0) is 16.6 Å². The van der Waals surface area contributed by atoms with Gasteiger partial charge in [0.15, 0.2) is 11.5 Å². The fraction of sp³-hybridized carbons (Fsp3) is 0.429. The van der Waals surface area contributed by atoms with Crippen molar-refractivity contribution in [3.63, 3.8) is 0 Å². The molecule has 0 aliphatic carbocycles. The molecule has 0 saturated heterocycles. The van der Waals surface area contributed by atoms with Crippen LogP contribution in [0.4, 0.5) is 0 Å². The second-order valence-electron chi connectivity index (χ2n) is 4.31. The summed E-state index contributed by atoms with van der Waals surface area (Å²) >= 11 is 0. The van der Waals surface area contributed by atoms with E-state index in [9.17, 15) is 8.42 Å². The van der Waals surface area contributed by atoms with E-state index in [1.165, 1.54) is 27.3 Å². The summed E-state index contributed by atoms with van der Waals surface area (Å²) in [7, 11) is 2.49. The number of nitrogens with one attached hydrogen (secondary N) is 1. The molecule has 116 valence electrons. The third-order valence-electron chi connectivity index (χ3n) is 2.92. The van der Waals surface area contributed by atoms with Gasteiger partial charge in [-0.05, 0) is 13.1 Å². The number of nitrogens with zero attached hydrogens (tertiary/aromatic N) is 1. The Balaban J connectivity index is 3.44. The number of sulfonamides is 1. The van der Waals surface area contributed by atoms with Crippen LogP contribution in [0.25, 0.3) is 0 Å². The lowest BCUT2D eigenvalue weighted by molar-refractivity contribution is 0.349. The van der Waals surface area contributed by atoms with Gasteiger partial charge in [0.2, 0.25) is 10.0 Å². The van der Waals surface area contributed by atoms with Crippen molar-refractivity contribution in [2.24, 2.45) is 0 Å². The zero-order valence-corrected chi connectivity index (χ0v) is 13.5. The molecule has 0 fully saturated rings. The molecule has 21 heavy (non-hydrogen) atoms. The fourth-order valence-corrected chi connectivity index (χ4v) is 3.03. The molecule has 0 spiro atoms. The van der Waals surface area contributed by atoms with E-state index in [0.29, 0.717) is 23.6 Å². The number of rotatable bonds is 7. The Morgan fingerprint density at radius 1 is 1.33 bits per heavy atom. The molecule has 1 rings (SSSR count). The second-order valence-corrected chi connectivity index (χ2v) is 6.36. The van der Waals surface area contributed by atoms with Gasteiger partial charge in [-0.25, -0.2) is 8.42 Å². The van der Waals surface area contributed by atoms with Gasteiger partial charge >= 0.3 is 0 Å². The van der Waals surface area contributed by atoms with Gasteiger partial charge in [0.25, 0.3) is 0 Å². The summed E-state index contributed by atoms with van der Waals surface area (Å²) in [5.41, 5.74) is 0.687. The molecule has 0 aliphatic rings. The van der Waals surface area contributed by atoms with Crippen molar-refractivity contribution < 1.29 is 17.9 Å². The van der Waals surface area contributed by atoms with Crippen molar-refractivity contribution in [2.45, 2.75) is 11.4 Å². The monoisotopic (exact) mass is 312 g/mol. The molecular weight excluding hydrogens is 292 g/mol. The third-order valence-corrected chi connectivity index (χ3v) is 4.70. The minimum absolute atomic E-state index is 0.00195. The molecule has 0 heterocycles. The Hall–Kier alpha value is -1.75. The van der Waals surface area contributed by atoms with Crippen LogP contribution in [0.15, 0.2) is 17.0 Å². The standard InChI is InChI=1S/C14H20N2O4S/c1-6-7-16(3)21(17,18)12-8-11(10-15-2)14(20-5)13(9-12)19-4/h1,8-9,15H,7,10H2,2-5H3. The van der Waals surface area contributed by atoms with Crippen molar-refractivity contribution in [1.82, 2.24) is 9.62 Å². The Labute approximate surface area is 126 Å². The van der Waals surface area contributed by atoms with Gasteiger partial charge in [0, 0.05) is 25.2 Å². The van der Waals surface area contributed by atoms with Gasteiger partial charge in [-0.1, -0.05) is 5.92 Å². The third kappa shape index (κ3) is 3.67. The summed E-state index contributed by atoms with van der Waals surface area (Å²) in [6.07, 6.45) is 5.17. The van der Waals surface area contributed by atoms with E-state index in [0.717, 1.165) is 4.31 Å². The number of methoxy groups -OCH3 is 2. The lowest BCUT2D eigenvalue weighted by atomic mass is 10.2. The van der Waals surface area contributed by atoms with Crippen molar-refractivity contribution >= 4 is 10.0 Å². The summed E-state index contributed by atoms with van der Waals surface area (Å²) in [6.45, 7) is 0.444. The van der Waals surface area contributed by atoms with Gasteiger partial charge in [0.05, 0.1) is 25.7 Å². The first kappa shape index (κ1) is 17.3. The van der Waals surface area contributed by atoms with Crippen molar-refractivity contribution in [2.75, 3.05) is 34.9 Å². The van der Waals surface area contributed by atoms with Crippen LogP contribution in [0, 0.1) is 12.3 Å². The largest absolute Gasteiger partial charge is 0.493 e. The fourth-order valence-electron chi connectivity index (χ4n) is 1.88. The van der Waals surface area contributed by atoms with E-state index in [1.807, 2.05) is 0 Å². The van der Waals surface area contributed by atoms with E-state index in [-0.39, 0.29) is 11.4 Å². The number of benzene rings is 1. The molecule has 7 heteroatoms. The average molecular weight is 312 g/mol. The highest BCUT2D eigenvalue weighted by atomic mass is 32.2. The van der Waals surface area contributed by atoms with E-state index < -0.39 is 10.0 Å². The minimum Gasteiger partial charge on any atom is -0.493 e. The summed E-state index contributed by atoms with van der Waals surface area (Å²) in [5.74, 6) is 3.18. The molecule has 0 amide bonds. The molecule has 0 aromatic heterocycles. The van der Waals surface area contributed by atoms with E-state index >= 15 is 0 Å². The Morgan fingerprint density at radius 3 is 2.48 bits per heavy atom. The van der Waals surface area contributed by atoms with Crippen LogP contribution in [0.2, 0.25) is 0 Å². The maximum atomic E-state index is 12.5. The summed E-state index contributed by atoms with van der Waals surface area (Å²) in [6, 6.07) is 2.99. The highest BCUT2D eigenvalue weighted by Gasteiger charge is 2.24. The van der Waals surface area contributed by atoms with Gasteiger partial charge in [0.1, 0.15) is 0 Å². The minimum atomic E-state index is -3.67. The Bertz CT molecular complexity index is 635. The van der Waals surface area contributed by atoms with Crippen LogP contribution in [-0.4, -0.2) is 47.6 Å². The molecular formula is C14H20N2O4S. The molecule has 1 aromatic rings. The predicted molar refractivity (Wildman–Crippen MR) is 81.0 cm³/mol. The van der Waals surface area contributed by atoms with Gasteiger partial charge < -0.3 is 14.8 Å². The Morgan fingerprint density at radius 2 is 2.00 bits per heavy atom. The van der Waals surface area contributed by atoms with Gasteiger partial charge in [-0.2, -0.15) is 4.31 Å². The molecule has 0 saturated carbocycles. The first-order chi connectivity index (χ1) is 9.92. The summed E-state index contributed by atoms with van der Waals surface area (Å²) < 4.78 is 36.5. The molecule has 0 bridgehead atoms. The average Bonchev–Trinajstić information content (AvgIpc) is 2.46. The zero-order chi connectivity index (χ0) is 16.0. The second kappa shape index (κ2) is 7.31.